The van der Waals surface area contributed by atoms with Gasteiger partial charge in [-0.3, -0.25) is 4.72 Å². The quantitative estimate of drug-likeness (QED) is 0.441. The first kappa shape index (κ1) is 21.6. The van der Waals surface area contributed by atoms with Crippen molar-refractivity contribution in [2.45, 2.75) is 37.1 Å². The number of nitrogens with one attached hydrogen (secondary N) is 2. The van der Waals surface area contributed by atoms with Gasteiger partial charge in [-0.2, -0.15) is 0 Å². The van der Waals surface area contributed by atoms with Crippen molar-refractivity contribution >= 4 is 21.4 Å². The molecule has 2 N–H and O–H groups in total. The van der Waals surface area contributed by atoms with E-state index in [1.165, 1.54) is 11.1 Å². The Balaban J connectivity index is 1.44. The Hall–Kier alpha value is -3.25. The Labute approximate surface area is 195 Å². The molecule has 5 rings (SSSR count). The maximum absolute atomic E-state index is 13.1. The third kappa shape index (κ3) is 4.11. The lowest BCUT2D eigenvalue weighted by atomic mass is 9.76. The highest BCUT2D eigenvalue weighted by Gasteiger charge is 2.38. The molecule has 3 atom stereocenters. The van der Waals surface area contributed by atoms with E-state index in [0.717, 1.165) is 17.7 Å². The molecule has 3 aromatic carbocycles. The van der Waals surface area contributed by atoms with Crippen LogP contribution in [0.4, 0.5) is 11.4 Å². The molecular formula is C27H28N2O3S. The van der Waals surface area contributed by atoms with Gasteiger partial charge >= 0.3 is 0 Å². The molecule has 3 aromatic rings. The maximum atomic E-state index is 13.1. The zero-order valence-corrected chi connectivity index (χ0v) is 19.6. The Kier molecular flexibility index (Phi) is 5.62. The largest absolute Gasteiger partial charge is 0.494 e. The second-order valence-electron chi connectivity index (χ2n) is 8.64. The van der Waals surface area contributed by atoms with Crippen LogP contribution in [0.2, 0.25) is 0 Å². The summed E-state index contributed by atoms with van der Waals surface area (Å²) in [6.07, 6.45) is 5.42. The molecule has 33 heavy (non-hydrogen) atoms. The number of hydrogen-bond donors (Lipinski definition) is 2. The molecule has 0 aromatic heterocycles. The molecule has 0 saturated heterocycles. The molecule has 2 aliphatic rings. The molecule has 1 heterocycles. The minimum Gasteiger partial charge on any atom is -0.494 e. The molecule has 3 unspecified atom stereocenters. The smallest absolute Gasteiger partial charge is 0.261 e. The fraction of sp³-hybridized carbons (Fsp3) is 0.259. The molecular weight excluding hydrogens is 432 g/mol. The van der Waals surface area contributed by atoms with Gasteiger partial charge in [-0.1, -0.05) is 36.4 Å². The molecule has 0 saturated carbocycles. The number of hydrogen-bond acceptors (Lipinski definition) is 4. The zero-order valence-electron chi connectivity index (χ0n) is 18.8. The van der Waals surface area contributed by atoms with Crippen LogP contribution in [-0.2, 0) is 10.0 Å². The Morgan fingerprint density at radius 3 is 2.58 bits per heavy atom. The summed E-state index contributed by atoms with van der Waals surface area (Å²) in [6, 6.07) is 21.0. The molecule has 6 heteroatoms. The minimum absolute atomic E-state index is 0.187. The minimum atomic E-state index is -3.72. The first-order chi connectivity index (χ1) is 16.0. The average molecular weight is 461 g/mol. The number of ether oxygens (including phenoxy) is 1. The molecule has 1 aliphatic heterocycles. The number of benzene rings is 3. The van der Waals surface area contributed by atoms with Gasteiger partial charge in [0.05, 0.1) is 17.5 Å². The number of rotatable bonds is 6. The SMILES string of the molecule is CCOc1ccc(NS(=O)(=O)c2ccc3c(c2)C2C=CCC2C(c2ccccc2C)N3)cc1. The highest BCUT2D eigenvalue weighted by Crippen LogP contribution is 2.50. The predicted octanol–water partition coefficient (Wildman–Crippen LogP) is 6.02. The van der Waals surface area contributed by atoms with Crippen LogP contribution >= 0.6 is 0 Å². The normalized spacial score (nSPS) is 21.1. The number of sulfonamides is 1. The average Bonchev–Trinajstić information content (AvgIpc) is 3.30. The lowest BCUT2D eigenvalue weighted by Gasteiger charge is -2.38. The summed E-state index contributed by atoms with van der Waals surface area (Å²) in [4.78, 5) is 0.269. The Morgan fingerprint density at radius 1 is 1.03 bits per heavy atom. The first-order valence-corrected chi connectivity index (χ1v) is 12.8. The molecule has 170 valence electrons. The highest BCUT2D eigenvalue weighted by molar-refractivity contribution is 7.92. The van der Waals surface area contributed by atoms with E-state index < -0.39 is 10.0 Å². The molecule has 1 aliphatic carbocycles. The van der Waals surface area contributed by atoms with E-state index in [2.05, 4.69) is 53.4 Å². The van der Waals surface area contributed by atoms with Gasteiger partial charge in [0, 0.05) is 17.3 Å². The lowest BCUT2D eigenvalue weighted by Crippen LogP contribution is -2.29. The van der Waals surface area contributed by atoms with Gasteiger partial charge in [-0.15, -0.1) is 0 Å². The highest BCUT2D eigenvalue weighted by atomic mass is 32.2. The van der Waals surface area contributed by atoms with E-state index >= 15 is 0 Å². The van der Waals surface area contributed by atoms with Crippen LogP contribution in [0.1, 0.15) is 42.0 Å². The van der Waals surface area contributed by atoms with Crippen LogP contribution in [0.3, 0.4) is 0 Å². The Morgan fingerprint density at radius 2 is 1.82 bits per heavy atom. The van der Waals surface area contributed by atoms with E-state index in [9.17, 15) is 8.42 Å². The van der Waals surface area contributed by atoms with Gasteiger partial charge in [-0.05, 0) is 85.3 Å². The third-order valence-electron chi connectivity index (χ3n) is 6.59. The monoisotopic (exact) mass is 460 g/mol. The summed E-state index contributed by atoms with van der Waals surface area (Å²) in [7, 11) is -3.72. The number of fused-ring (bicyclic) bond motifs is 3. The number of allylic oxidation sites excluding steroid dienone is 2. The van der Waals surface area contributed by atoms with Crippen LogP contribution in [0.5, 0.6) is 5.75 Å². The van der Waals surface area contributed by atoms with Crippen molar-refractivity contribution in [1.82, 2.24) is 0 Å². The van der Waals surface area contributed by atoms with Gasteiger partial charge < -0.3 is 10.1 Å². The van der Waals surface area contributed by atoms with Crippen molar-refractivity contribution in [2.24, 2.45) is 5.92 Å². The number of anilines is 2. The molecule has 0 spiro atoms. The van der Waals surface area contributed by atoms with Crippen LogP contribution in [0.15, 0.2) is 83.8 Å². The standard InChI is InChI=1S/C27H28N2O3S/c1-3-32-20-13-11-19(12-14-20)29-33(30,31)21-15-16-26-25(17-21)23-9-6-10-24(23)27(28-26)22-8-5-4-7-18(22)2/h4-9,11-17,23-24,27-29H,3,10H2,1-2H3. The van der Waals surface area contributed by atoms with E-state index in [-0.39, 0.29) is 16.9 Å². The van der Waals surface area contributed by atoms with E-state index in [1.807, 2.05) is 19.1 Å². The molecule has 5 nitrogen and oxygen atoms in total. The fourth-order valence-corrected chi connectivity index (χ4v) is 6.08. The topological polar surface area (TPSA) is 67.4 Å². The van der Waals surface area contributed by atoms with Crippen molar-refractivity contribution in [2.75, 3.05) is 16.6 Å². The summed E-state index contributed by atoms with van der Waals surface area (Å²) in [6.45, 7) is 4.62. The third-order valence-corrected chi connectivity index (χ3v) is 7.96. The molecule has 0 fully saturated rings. The molecule has 0 radical (unpaired) electrons. The van der Waals surface area contributed by atoms with Crippen LogP contribution in [0.25, 0.3) is 0 Å². The van der Waals surface area contributed by atoms with Crippen LogP contribution < -0.4 is 14.8 Å². The first-order valence-electron chi connectivity index (χ1n) is 11.3. The molecule has 0 bridgehead atoms. The van der Waals surface area contributed by atoms with Crippen molar-refractivity contribution in [3.05, 3.63) is 95.6 Å². The van der Waals surface area contributed by atoms with Gasteiger partial charge in [0.2, 0.25) is 0 Å². The Bertz CT molecular complexity index is 1300. The van der Waals surface area contributed by atoms with E-state index in [4.69, 9.17) is 4.74 Å². The van der Waals surface area contributed by atoms with E-state index in [1.54, 1.807) is 30.3 Å². The van der Waals surface area contributed by atoms with E-state index in [0.29, 0.717) is 24.0 Å². The summed E-state index contributed by atoms with van der Waals surface area (Å²) in [5, 5.41) is 3.70. The van der Waals surface area contributed by atoms with Crippen molar-refractivity contribution in [1.29, 1.82) is 0 Å². The van der Waals surface area contributed by atoms with Gasteiger partial charge in [0.1, 0.15) is 5.75 Å². The van der Waals surface area contributed by atoms with Crippen LogP contribution in [-0.4, -0.2) is 15.0 Å². The summed E-state index contributed by atoms with van der Waals surface area (Å²) in [5.41, 5.74) is 5.11. The second-order valence-corrected chi connectivity index (χ2v) is 10.3. The van der Waals surface area contributed by atoms with Crippen molar-refractivity contribution in [3.63, 3.8) is 0 Å². The second kappa shape index (κ2) is 8.60. The van der Waals surface area contributed by atoms with Gasteiger partial charge in [0.25, 0.3) is 10.0 Å². The van der Waals surface area contributed by atoms with Crippen LogP contribution in [0, 0.1) is 12.8 Å². The van der Waals surface area contributed by atoms with Crippen molar-refractivity contribution in [3.8, 4) is 5.75 Å². The summed E-state index contributed by atoms with van der Waals surface area (Å²) >= 11 is 0. The van der Waals surface area contributed by atoms with Gasteiger partial charge in [-0.25, -0.2) is 8.42 Å². The fourth-order valence-electron chi connectivity index (χ4n) is 4.98. The molecule has 0 amide bonds. The van der Waals surface area contributed by atoms with Gasteiger partial charge in [0.15, 0.2) is 0 Å². The zero-order chi connectivity index (χ0) is 23.0. The maximum Gasteiger partial charge on any atom is 0.261 e. The summed E-state index contributed by atoms with van der Waals surface area (Å²) in [5.74, 6) is 1.25. The predicted molar refractivity (Wildman–Crippen MR) is 132 cm³/mol. The summed E-state index contributed by atoms with van der Waals surface area (Å²) < 4.78 is 34.4. The number of aryl methyl sites for hydroxylation is 1. The lowest BCUT2D eigenvalue weighted by molar-refractivity contribution is 0.340. The van der Waals surface area contributed by atoms with Crippen molar-refractivity contribution < 1.29 is 13.2 Å².